The third-order valence-electron chi connectivity index (χ3n) is 2.05. The minimum absolute atomic E-state index is 0.245. The Morgan fingerprint density at radius 3 is 2.78 bits per heavy atom. The van der Waals surface area contributed by atoms with Crippen LogP contribution in [0.1, 0.15) is 5.89 Å². The molecule has 0 atom stereocenters. The van der Waals surface area contributed by atoms with E-state index in [4.69, 9.17) is 9.26 Å². The van der Waals surface area contributed by atoms with Crippen LogP contribution in [0.2, 0.25) is 0 Å². The van der Waals surface area contributed by atoms with Crippen LogP contribution < -0.4 is 15.4 Å². The van der Waals surface area contributed by atoms with E-state index < -0.39 is 0 Å². The zero-order valence-electron chi connectivity index (χ0n) is 10.0. The van der Waals surface area contributed by atoms with Crippen LogP contribution in [0.4, 0.5) is 11.9 Å². The van der Waals surface area contributed by atoms with Crippen LogP contribution in [0.25, 0.3) is 0 Å². The number of nitrogens with one attached hydrogen (secondary N) is 2. The standard InChI is InChI=1S/C9H13N7O2/c1-10-7-14-8(16-9(15-7)17-2)11-4-3-6-12-5-13-18-6/h5H,3-4H2,1-2H3,(H2,10,11,14,15,16). The van der Waals surface area contributed by atoms with Crippen LogP contribution in [0.5, 0.6) is 6.01 Å². The third-order valence-corrected chi connectivity index (χ3v) is 2.05. The van der Waals surface area contributed by atoms with Gasteiger partial charge in [0.25, 0.3) is 0 Å². The molecule has 0 fully saturated rings. The summed E-state index contributed by atoms with van der Waals surface area (Å²) in [4.78, 5) is 16.1. The fourth-order valence-corrected chi connectivity index (χ4v) is 1.23. The Bertz CT molecular complexity index is 465. The van der Waals surface area contributed by atoms with Gasteiger partial charge in [-0.15, -0.1) is 0 Å². The highest BCUT2D eigenvalue weighted by Gasteiger charge is 2.06. The van der Waals surface area contributed by atoms with Crippen molar-refractivity contribution in [3.63, 3.8) is 0 Å². The lowest BCUT2D eigenvalue weighted by Gasteiger charge is -2.06. The minimum atomic E-state index is 0.245. The molecule has 2 heterocycles. The summed E-state index contributed by atoms with van der Waals surface area (Å²) < 4.78 is 9.84. The molecular weight excluding hydrogens is 238 g/mol. The van der Waals surface area contributed by atoms with E-state index in [0.29, 0.717) is 30.8 Å². The summed E-state index contributed by atoms with van der Waals surface area (Å²) in [5.41, 5.74) is 0. The predicted octanol–water partition coefficient (Wildman–Crippen LogP) is -0.0405. The van der Waals surface area contributed by atoms with E-state index in [1.165, 1.54) is 13.4 Å². The topological polar surface area (TPSA) is 111 Å². The third kappa shape index (κ3) is 3.03. The van der Waals surface area contributed by atoms with E-state index in [0.717, 1.165) is 0 Å². The molecule has 0 saturated carbocycles. The summed E-state index contributed by atoms with van der Waals surface area (Å²) in [5.74, 6) is 1.41. The first kappa shape index (κ1) is 12.0. The molecule has 0 bridgehead atoms. The SMILES string of the molecule is CNc1nc(NCCc2ncno2)nc(OC)n1. The van der Waals surface area contributed by atoms with Gasteiger partial charge >= 0.3 is 6.01 Å². The van der Waals surface area contributed by atoms with E-state index in [9.17, 15) is 0 Å². The van der Waals surface area contributed by atoms with Crippen LogP contribution in [0.3, 0.4) is 0 Å². The molecule has 0 radical (unpaired) electrons. The van der Waals surface area contributed by atoms with Crippen LogP contribution in [0.15, 0.2) is 10.9 Å². The average Bonchev–Trinajstić information content (AvgIpc) is 2.91. The lowest BCUT2D eigenvalue weighted by Crippen LogP contribution is -2.11. The molecule has 18 heavy (non-hydrogen) atoms. The number of rotatable bonds is 6. The molecule has 2 N–H and O–H groups in total. The molecule has 2 aromatic heterocycles. The minimum Gasteiger partial charge on any atom is -0.467 e. The van der Waals surface area contributed by atoms with Crippen LogP contribution >= 0.6 is 0 Å². The molecule has 0 saturated heterocycles. The largest absolute Gasteiger partial charge is 0.467 e. The van der Waals surface area contributed by atoms with Crippen molar-refractivity contribution in [2.45, 2.75) is 6.42 Å². The van der Waals surface area contributed by atoms with E-state index in [1.54, 1.807) is 7.05 Å². The van der Waals surface area contributed by atoms with Crippen molar-refractivity contribution in [1.29, 1.82) is 0 Å². The summed E-state index contributed by atoms with van der Waals surface area (Å²) >= 11 is 0. The molecule has 96 valence electrons. The molecule has 0 spiro atoms. The van der Waals surface area contributed by atoms with Gasteiger partial charge in [0.2, 0.25) is 17.8 Å². The lowest BCUT2D eigenvalue weighted by atomic mass is 10.4. The number of anilines is 2. The normalized spacial score (nSPS) is 10.1. The number of hydrogen-bond acceptors (Lipinski definition) is 9. The van der Waals surface area contributed by atoms with Crippen molar-refractivity contribution in [2.75, 3.05) is 31.3 Å². The Morgan fingerprint density at radius 2 is 2.11 bits per heavy atom. The summed E-state index contributed by atoms with van der Waals surface area (Å²) in [6.07, 6.45) is 1.95. The van der Waals surface area contributed by atoms with Crippen LogP contribution in [-0.2, 0) is 6.42 Å². The molecule has 0 unspecified atom stereocenters. The van der Waals surface area contributed by atoms with Gasteiger partial charge < -0.3 is 19.9 Å². The van der Waals surface area contributed by atoms with E-state index >= 15 is 0 Å². The maximum atomic E-state index is 4.97. The summed E-state index contributed by atoms with van der Waals surface area (Å²) in [7, 11) is 3.22. The quantitative estimate of drug-likeness (QED) is 0.730. The second kappa shape index (κ2) is 5.75. The second-order valence-electron chi connectivity index (χ2n) is 3.23. The molecule has 9 nitrogen and oxygen atoms in total. The van der Waals surface area contributed by atoms with Gasteiger partial charge in [0, 0.05) is 20.0 Å². The molecule has 0 amide bonds. The first-order valence-corrected chi connectivity index (χ1v) is 5.29. The number of aromatic nitrogens is 5. The van der Waals surface area contributed by atoms with Crippen molar-refractivity contribution < 1.29 is 9.26 Å². The highest BCUT2D eigenvalue weighted by atomic mass is 16.5. The van der Waals surface area contributed by atoms with Crippen molar-refractivity contribution >= 4 is 11.9 Å². The summed E-state index contributed by atoms with van der Waals surface area (Å²) in [6.45, 7) is 0.568. The van der Waals surface area contributed by atoms with E-state index in [-0.39, 0.29) is 6.01 Å². The molecule has 0 aliphatic carbocycles. The Morgan fingerprint density at radius 1 is 1.28 bits per heavy atom. The average molecular weight is 251 g/mol. The summed E-state index contributed by atoms with van der Waals surface area (Å²) in [6, 6.07) is 0.245. The lowest BCUT2D eigenvalue weighted by molar-refractivity contribution is 0.378. The van der Waals surface area contributed by atoms with E-state index in [1.807, 2.05) is 0 Å². The van der Waals surface area contributed by atoms with Crippen molar-refractivity contribution in [2.24, 2.45) is 0 Å². The number of hydrogen-bond donors (Lipinski definition) is 2. The first-order valence-electron chi connectivity index (χ1n) is 5.29. The zero-order chi connectivity index (χ0) is 12.8. The molecular formula is C9H13N7O2. The van der Waals surface area contributed by atoms with Gasteiger partial charge in [0.15, 0.2) is 6.33 Å². The monoisotopic (exact) mass is 251 g/mol. The first-order chi connectivity index (χ1) is 8.81. The van der Waals surface area contributed by atoms with Crippen LogP contribution in [-0.4, -0.2) is 45.8 Å². The van der Waals surface area contributed by atoms with Crippen molar-refractivity contribution in [1.82, 2.24) is 25.1 Å². The Kier molecular flexibility index (Phi) is 3.84. The molecule has 0 aliphatic heterocycles. The molecule has 9 heteroatoms. The Hall–Kier alpha value is -2.45. The van der Waals surface area contributed by atoms with Gasteiger partial charge in [-0.25, -0.2) is 0 Å². The Balaban J connectivity index is 1.95. The smallest absolute Gasteiger partial charge is 0.322 e. The fourth-order valence-electron chi connectivity index (χ4n) is 1.23. The molecule has 0 aromatic carbocycles. The van der Waals surface area contributed by atoms with Gasteiger partial charge in [-0.1, -0.05) is 5.16 Å². The fraction of sp³-hybridized carbons (Fsp3) is 0.444. The van der Waals surface area contributed by atoms with Crippen molar-refractivity contribution in [3.8, 4) is 6.01 Å². The molecule has 2 rings (SSSR count). The predicted molar refractivity (Wildman–Crippen MR) is 62.4 cm³/mol. The van der Waals surface area contributed by atoms with Gasteiger partial charge in [-0.2, -0.15) is 19.9 Å². The maximum absolute atomic E-state index is 4.97. The second-order valence-corrected chi connectivity index (χ2v) is 3.23. The van der Waals surface area contributed by atoms with Gasteiger partial charge in [0.05, 0.1) is 7.11 Å². The van der Waals surface area contributed by atoms with Crippen LogP contribution in [0, 0.1) is 0 Å². The van der Waals surface area contributed by atoms with E-state index in [2.05, 4.69) is 35.7 Å². The highest BCUT2D eigenvalue weighted by Crippen LogP contribution is 2.09. The van der Waals surface area contributed by atoms with Crippen molar-refractivity contribution in [3.05, 3.63) is 12.2 Å². The molecule has 0 aliphatic rings. The molecule has 2 aromatic rings. The van der Waals surface area contributed by atoms with Gasteiger partial charge in [-0.05, 0) is 0 Å². The van der Waals surface area contributed by atoms with Gasteiger partial charge in [0.1, 0.15) is 0 Å². The summed E-state index contributed by atoms with van der Waals surface area (Å²) in [5, 5.41) is 9.36. The number of nitrogens with zero attached hydrogens (tertiary/aromatic N) is 5. The maximum Gasteiger partial charge on any atom is 0.322 e. The highest BCUT2D eigenvalue weighted by molar-refractivity contribution is 5.35. The Labute approximate surface area is 103 Å². The number of methoxy groups -OCH3 is 1. The zero-order valence-corrected chi connectivity index (χ0v) is 10.0. The number of ether oxygens (including phenoxy) is 1. The van der Waals surface area contributed by atoms with Gasteiger partial charge in [-0.3, -0.25) is 0 Å².